The standard InChI is InChI=1S/C9H12O2/c1-2-6-3-4-7-8(5-6)11-9(7)10/h2,6-8H,1,3-5H2. The third-order valence-corrected chi connectivity index (χ3v) is 2.74. The second-order valence-electron chi connectivity index (χ2n) is 3.39. The molecule has 0 radical (unpaired) electrons. The Morgan fingerprint density at radius 1 is 1.55 bits per heavy atom. The van der Waals surface area contributed by atoms with Crippen LogP contribution in [-0.4, -0.2) is 12.1 Å². The van der Waals surface area contributed by atoms with Crippen molar-refractivity contribution in [1.82, 2.24) is 0 Å². The molecule has 0 bridgehead atoms. The van der Waals surface area contributed by atoms with Crippen LogP contribution in [0.1, 0.15) is 19.3 Å². The Morgan fingerprint density at radius 2 is 2.36 bits per heavy atom. The SMILES string of the molecule is C=CC1CCC2C(=O)OC2C1. The van der Waals surface area contributed by atoms with Crippen LogP contribution in [0.3, 0.4) is 0 Å². The van der Waals surface area contributed by atoms with E-state index < -0.39 is 0 Å². The van der Waals surface area contributed by atoms with Crippen molar-refractivity contribution in [3.63, 3.8) is 0 Å². The highest BCUT2D eigenvalue weighted by Crippen LogP contribution is 2.38. The van der Waals surface area contributed by atoms with Crippen LogP contribution in [0, 0.1) is 11.8 Å². The van der Waals surface area contributed by atoms with Gasteiger partial charge in [-0.15, -0.1) is 6.58 Å². The van der Waals surface area contributed by atoms with E-state index in [1.165, 1.54) is 0 Å². The second kappa shape index (κ2) is 2.36. The normalized spacial score (nSPS) is 41.8. The zero-order chi connectivity index (χ0) is 7.84. The van der Waals surface area contributed by atoms with Gasteiger partial charge in [0.2, 0.25) is 0 Å². The first-order chi connectivity index (χ1) is 5.31. The molecule has 1 saturated heterocycles. The summed E-state index contributed by atoms with van der Waals surface area (Å²) in [6.45, 7) is 3.75. The minimum atomic E-state index is 0.0116. The maximum atomic E-state index is 10.8. The molecule has 2 aliphatic rings. The third-order valence-electron chi connectivity index (χ3n) is 2.74. The fourth-order valence-electron chi connectivity index (χ4n) is 1.94. The summed E-state index contributed by atoms with van der Waals surface area (Å²) in [6, 6.07) is 0. The Kier molecular flexibility index (Phi) is 1.48. The molecule has 1 saturated carbocycles. The summed E-state index contributed by atoms with van der Waals surface area (Å²) < 4.78 is 4.99. The molecule has 0 amide bonds. The van der Waals surface area contributed by atoms with Gasteiger partial charge in [0.25, 0.3) is 0 Å². The molecule has 0 spiro atoms. The summed E-state index contributed by atoms with van der Waals surface area (Å²) >= 11 is 0. The average molecular weight is 152 g/mol. The molecular weight excluding hydrogens is 140 g/mol. The Labute approximate surface area is 66.2 Å². The van der Waals surface area contributed by atoms with Gasteiger partial charge in [0.05, 0.1) is 5.92 Å². The van der Waals surface area contributed by atoms with Crippen LogP contribution in [0.15, 0.2) is 12.7 Å². The van der Waals surface area contributed by atoms with Crippen LogP contribution in [0.25, 0.3) is 0 Å². The summed E-state index contributed by atoms with van der Waals surface area (Å²) in [6.07, 6.45) is 5.31. The largest absolute Gasteiger partial charge is 0.461 e. The van der Waals surface area contributed by atoms with Crippen LogP contribution in [0.2, 0.25) is 0 Å². The molecule has 0 aromatic rings. The Balaban J connectivity index is 1.97. The van der Waals surface area contributed by atoms with Crippen molar-refractivity contribution in [3.8, 4) is 0 Å². The topological polar surface area (TPSA) is 26.3 Å². The number of carbonyl (C=O) groups is 1. The fraction of sp³-hybridized carbons (Fsp3) is 0.667. The van der Waals surface area contributed by atoms with Crippen LogP contribution in [-0.2, 0) is 9.53 Å². The zero-order valence-electron chi connectivity index (χ0n) is 6.45. The number of hydrogen-bond acceptors (Lipinski definition) is 2. The predicted molar refractivity (Wildman–Crippen MR) is 40.9 cm³/mol. The van der Waals surface area contributed by atoms with E-state index in [4.69, 9.17) is 4.74 Å². The van der Waals surface area contributed by atoms with Gasteiger partial charge < -0.3 is 4.74 Å². The quantitative estimate of drug-likeness (QED) is 0.420. The summed E-state index contributed by atoms with van der Waals surface area (Å²) in [5.74, 6) is 0.813. The first-order valence-corrected chi connectivity index (χ1v) is 4.14. The molecule has 2 heteroatoms. The fourth-order valence-corrected chi connectivity index (χ4v) is 1.94. The molecule has 0 aromatic heterocycles. The van der Waals surface area contributed by atoms with E-state index in [-0.39, 0.29) is 18.0 Å². The van der Waals surface area contributed by atoms with Gasteiger partial charge in [-0.3, -0.25) is 4.79 Å². The third kappa shape index (κ3) is 0.971. The molecule has 2 rings (SSSR count). The first-order valence-electron chi connectivity index (χ1n) is 4.14. The number of rotatable bonds is 1. The average Bonchev–Trinajstić information content (AvgIpc) is 2.02. The van der Waals surface area contributed by atoms with Crippen LogP contribution < -0.4 is 0 Å². The number of ether oxygens (including phenoxy) is 1. The van der Waals surface area contributed by atoms with E-state index in [9.17, 15) is 4.79 Å². The van der Waals surface area contributed by atoms with Crippen LogP contribution in [0.5, 0.6) is 0 Å². The highest BCUT2D eigenvalue weighted by molar-refractivity contribution is 5.78. The first kappa shape index (κ1) is 6.89. The summed E-state index contributed by atoms with van der Waals surface area (Å²) in [5, 5.41) is 0. The summed E-state index contributed by atoms with van der Waals surface area (Å²) in [4.78, 5) is 10.8. The lowest BCUT2D eigenvalue weighted by atomic mass is 9.77. The number of carbonyl (C=O) groups excluding carboxylic acids is 1. The van der Waals surface area contributed by atoms with Gasteiger partial charge >= 0.3 is 5.97 Å². The number of hydrogen-bond donors (Lipinski definition) is 0. The van der Waals surface area contributed by atoms with E-state index in [0.29, 0.717) is 5.92 Å². The van der Waals surface area contributed by atoms with Gasteiger partial charge in [-0.2, -0.15) is 0 Å². The van der Waals surface area contributed by atoms with Crippen molar-refractivity contribution in [2.45, 2.75) is 25.4 Å². The highest BCUT2D eigenvalue weighted by atomic mass is 16.6. The lowest BCUT2D eigenvalue weighted by Gasteiger charge is -2.41. The van der Waals surface area contributed by atoms with E-state index in [0.717, 1.165) is 19.3 Å². The van der Waals surface area contributed by atoms with Gasteiger partial charge in [0.15, 0.2) is 0 Å². The second-order valence-corrected chi connectivity index (χ2v) is 3.39. The van der Waals surface area contributed by atoms with Crippen LogP contribution in [0.4, 0.5) is 0 Å². The maximum absolute atomic E-state index is 10.8. The molecule has 2 fully saturated rings. The van der Waals surface area contributed by atoms with Gasteiger partial charge in [-0.25, -0.2) is 0 Å². The molecule has 2 nitrogen and oxygen atoms in total. The Hall–Kier alpha value is -0.790. The molecule has 1 aliphatic heterocycles. The van der Waals surface area contributed by atoms with Gasteiger partial charge in [-0.05, 0) is 25.2 Å². The predicted octanol–water partition coefficient (Wildman–Crippen LogP) is 1.51. The highest BCUT2D eigenvalue weighted by Gasteiger charge is 2.45. The Bertz CT molecular complexity index is 198. The van der Waals surface area contributed by atoms with E-state index in [2.05, 4.69) is 6.58 Å². The van der Waals surface area contributed by atoms with Crippen LogP contribution >= 0.6 is 0 Å². The number of esters is 1. The van der Waals surface area contributed by atoms with E-state index >= 15 is 0 Å². The lowest BCUT2D eigenvalue weighted by Crippen LogP contribution is -2.48. The van der Waals surface area contributed by atoms with E-state index in [1.54, 1.807) is 0 Å². The molecule has 60 valence electrons. The van der Waals surface area contributed by atoms with Crippen molar-refractivity contribution in [3.05, 3.63) is 12.7 Å². The Morgan fingerprint density at radius 3 is 2.91 bits per heavy atom. The minimum absolute atomic E-state index is 0.0116. The van der Waals surface area contributed by atoms with Crippen molar-refractivity contribution >= 4 is 5.97 Å². The molecule has 3 atom stereocenters. The lowest BCUT2D eigenvalue weighted by molar-refractivity contribution is -0.190. The molecular formula is C9H12O2. The molecule has 1 aliphatic carbocycles. The van der Waals surface area contributed by atoms with E-state index in [1.807, 2.05) is 6.08 Å². The van der Waals surface area contributed by atoms with Gasteiger partial charge in [-0.1, -0.05) is 6.08 Å². The number of allylic oxidation sites excluding steroid dienone is 1. The molecule has 1 heterocycles. The maximum Gasteiger partial charge on any atom is 0.313 e. The summed E-state index contributed by atoms with van der Waals surface area (Å²) in [7, 11) is 0. The van der Waals surface area contributed by atoms with Crippen molar-refractivity contribution < 1.29 is 9.53 Å². The monoisotopic (exact) mass is 152 g/mol. The molecule has 3 unspecified atom stereocenters. The summed E-state index contributed by atoms with van der Waals surface area (Å²) in [5.41, 5.74) is 0. The minimum Gasteiger partial charge on any atom is -0.461 e. The zero-order valence-corrected chi connectivity index (χ0v) is 6.45. The van der Waals surface area contributed by atoms with Crippen molar-refractivity contribution in [2.24, 2.45) is 11.8 Å². The molecule has 11 heavy (non-hydrogen) atoms. The number of fused-ring (bicyclic) bond motifs is 1. The molecule has 0 N–H and O–H groups in total. The smallest absolute Gasteiger partial charge is 0.313 e. The van der Waals surface area contributed by atoms with Crippen molar-refractivity contribution in [2.75, 3.05) is 0 Å². The molecule has 0 aromatic carbocycles. The van der Waals surface area contributed by atoms with Crippen molar-refractivity contribution in [1.29, 1.82) is 0 Å². The van der Waals surface area contributed by atoms with Gasteiger partial charge in [0.1, 0.15) is 6.10 Å². The van der Waals surface area contributed by atoms with Gasteiger partial charge in [0, 0.05) is 0 Å².